The van der Waals surface area contributed by atoms with E-state index in [0.717, 1.165) is 26.1 Å². The highest BCUT2D eigenvalue weighted by molar-refractivity contribution is 9.10. The lowest BCUT2D eigenvalue weighted by atomic mass is 9.93. The lowest BCUT2D eigenvalue weighted by molar-refractivity contribution is -0.138. The first-order valence-electron chi connectivity index (χ1n) is 14.5. The number of thioether (sulfide) groups is 1. The summed E-state index contributed by atoms with van der Waals surface area (Å²) >= 11 is 12.8. The van der Waals surface area contributed by atoms with E-state index in [-0.39, 0.29) is 12.2 Å². The molecular formula is C36H28BrClN2O4S2. The molecule has 2 heterocycles. The maximum absolute atomic E-state index is 14.3. The topological polar surface area (TPSA) is 69.9 Å². The molecule has 0 fully saturated rings. The van der Waals surface area contributed by atoms with Gasteiger partial charge in [-0.25, -0.2) is 9.79 Å². The van der Waals surface area contributed by atoms with E-state index in [1.54, 1.807) is 47.5 Å². The Labute approximate surface area is 287 Å². The monoisotopic (exact) mass is 730 g/mol. The van der Waals surface area contributed by atoms with Gasteiger partial charge < -0.3 is 9.47 Å². The SMILES string of the molecule is CCOC(=O)C1=C(c2ccccc2)N=c2s/c(=C\c3cc(Cl)ccc3OCc3ccc(Br)cc3)c(=O)n2[C@@H]1c1ccc(SC)cc1. The van der Waals surface area contributed by atoms with Crippen molar-refractivity contribution in [3.05, 3.63) is 154 Å². The quantitative estimate of drug-likeness (QED) is 0.115. The molecule has 1 aliphatic heterocycles. The van der Waals surface area contributed by atoms with Crippen molar-refractivity contribution in [1.82, 2.24) is 4.57 Å². The van der Waals surface area contributed by atoms with Crippen molar-refractivity contribution in [2.75, 3.05) is 12.9 Å². The zero-order valence-corrected chi connectivity index (χ0v) is 28.9. The molecule has 4 aromatic carbocycles. The Morgan fingerprint density at radius 1 is 1.04 bits per heavy atom. The maximum atomic E-state index is 14.3. The Bertz CT molecular complexity index is 2110. The summed E-state index contributed by atoms with van der Waals surface area (Å²) in [7, 11) is 0. The van der Waals surface area contributed by atoms with Crippen LogP contribution in [0.4, 0.5) is 0 Å². The number of carbonyl (C=O) groups is 1. The Kier molecular flexibility index (Phi) is 9.94. The smallest absolute Gasteiger partial charge is 0.338 e. The van der Waals surface area contributed by atoms with Crippen LogP contribution in [0, 0.1) is 0 Å². The molecular weight excluding hydrogens is 704 g/mol. The van der Waals surface area contributed by atoms with Gasteiger partial charge in [0.1, 0.15) is 12.4 Å². The molecule has 10 heteroatoms. The highest BCUT2D eigenvalue weighted by atomic mass is 79.9. The number of fused-ring (bicyclic) bond motifs is 1. The summed E-state index contributed by atoms with van der Waals surface area (Å²) in [6.07, 6.45) is 3.78. The number of benzene rings is 4. The molecule has 1 aromatic heterocycles. The zero-order valence-electron chi connectivity index (χ0n) is 24.9. The van der Waals surface area contributed by atoms with Gasteiger partial charge in [0.25, 0.3) is 5.56 Å². The average Bonchev–Trinajstić information content (AvgIpc) is 3.39. The number of carbonyl (C=O) groups excluding carboxylic acids is 1. The van der Waals surface area contributed by atoms with Gasteiger partial charge >= 0.3 is 5.97 Å². The molecule has 0 spiro atoms. The molecule has 1 aliphatic rings. The van der Waals surface area contributed by atoms with E-state index in [2.05, 4.69) is 15.9 Å². The molecule has 0 amide bonds. The van der Waals surface area contributed by atoms with E-state index >= 15 is 0 Å². The number of hydrogen-bond donors (Lipinski definition) is 0. The average molecular weight is 732 g/mol. The summed E-state index contributed by atoms with van der Waals surface area (Å²) in [6, 6.07) is 29.8. The van der Waals surface area contributed by atoms with Gasteiger partial charge in [0.05, 0.1) is 28.5 Å². The molecule has 0 radical (unpaired) electrons. The highest BCUT2D eigenvalue weighted by Gasteiger charge is 2.35. The minimum absolute atomic E-state index is 0.185. The first kappa shape index (κ1) is 32.1. The summed E-state index contributed by atoms with van der Waals surface area (Å²) in [6.45, 7) is 2.29. The highest BCUT2D eigenvalue weighted by Crippen LogP contribution is 2.36. The molecule has 0 saturated heterocycles. The van der Waals surface area contributed by atoms with Crippen LogP contribution in [0.25, 0.3) is 11.8 Å². The van der Waals surface area contributed by atoms with Crippen LogP contribution in [0.15, 0.2) is 122 Å². The van der Waals surface area contributed by atoms with Gasteiger partial charge in [0.15, 0.2) is 4.80 Å². The van der Waals surface area contributed by atoms with Crippen LogP contribution in [0.1, 0.15) is 35.2 Å². The van der Waals surface area contributed by atoms with Crippen molar-refractivity contribution < 1.29 is 14.3 Å². The number of esters is 1. The van der Waals surface area contributed by atoms with Gasteiger partial charge in [0, 0.05) is 25.5 Å². The fourth-order valence-corrected chi connectivity index (χ4v) is 7.03. The number of halogens is 2. The standard InChI is InChI=1S/C36H28BrClN2O4S2/c1-3-43-35(42)31-32(23-7-5-4-6-8-23)39-36-40(33(31)24-11-16-28(45-2)17-12-24)34(41)30(46-36)20-25-19-27(38)15-18-29(25)44-21-22-9-13-26(37)14-10-22/h4-20,33H,3,21H2,1-2H3/b30-20-/t33-/m1/s1. The number of ether oxygens (including phenoxy) is 2. The number of aromatic nitrogens is 1. The van der Waals surface area contributed by atoms with Crippen molar-refractivity contribution in [1.29, 1.82) is 0 Å². The van der Waals surface area contributed by atoms with Crippen molar-refractivity contribution in [3.8, 4) is 5.75 Å². The molecule has 0 unspecified atom stereocenters. The van der Waals surface area contributed by atoms with Crippen LogP contribution >= 0.6 is 50.6 Å². The van der Waals surface area contributed by atoms with Gasteiger partial charge in [-0.2, -0.15) is 0 Å². The van der Waals surface area contributed by atoms with Crippen LogP contribution < -0.4 is 19.6 Å². The number of nitrogens with zero attached hydrogens (tertiary/aromatic N) is 2. The van der Waals surface area contributed by atoms with Crippen LogP contribution in [-0.2, 0) is 16.1 Å². The Hall–Kier alpha value is -3.89. The molecule has 46 heavy (non-hydrogen) atoms. The molecule has 0 saturated carbocycles. The van der Waals surface area contributed by atoms with Crippen LogP contribution in [-0.4, -0.2) is 23.4 Å². The fraction of sp³-hybridized carbons (Fsp3) is 0.139. The summed E-state index contributed by atoms with van der Waals surface area (Å²) in [4.78, 5) is 34.5. The Morgan fingerprint density at radius 3 is 2.48 bits per heavy atom. The van der Waals surface area contributed by atoms with Crippen LogP contribution in [0.3, 0.4) is 0 Å². The van der Waals surface area contributed by atoms with Gasteiger partial charge in [0.2, 0.25) is 0 Å². The summed E-state index contributed by atoms with van der Waals surface area (Å²) in [5.74, 6) is 0.0661. The lowest BCUT2D eigenvalue weighted by Crippen LogP contribution is -2.40. The van der Waals surface area contributed by atoms with E-state index in [1.165, 1.54) is 11.3 Å². The molecule has 6 nitrogen and oxygen atoms in total. The predicted molar refractivity (Wildman–Crippen MR) is 189 cm³/mol. The van der Waals surface area contributed by atoms with Gasteiger partial charge in [-0.05, 0) is 72.8 Å². The molecule has 6 rings (SSSR count). The third-order valence-corrected chi connectivity index (χ3v) is 9.86. The molecule has 0 aliphatic carbocycles. The molecule has 0 bridgehead atoms. The predicted octanol–water partition coefficient (Wildman–Crippen LogP) is 7.65. The van der Waals surface area contributed by atoms with Crippen molar-refractivity contribution in [2.45, 2.75) is 24.5 Å². The number of hydrogen-bond acceptors (Lipinski definition) is 7. The van der Waals surface area contributed by atoms with Gasteiger partial charge in [-0.1, -0.05) is 93.5 Å². The second kappa shape index (κ2) is 14.3. The normalized spacial score (nSPS) is 14.5. The second-order valence-corrected chi connectivity index (χ2v) is 13.5. The second-order valence-electron chi connectivity index (χ2n) is 10.3. The molecule has 232 valence electrons. The van der Waals surface area contributed by atoms with Crippen molar-refractivity contribution in [3.63, 3.8) is 0 Å². The number of thiazole rings is 1. The lowest BCUT2D eigenvalue weighted by Gasteiger charge is -2.26. The Morgan fingerprint density at radius 2 is 1.78 bits per heavy atom. The zero-order chi connectivity index (χ0) is 32.2. The van der Waals surface area contributed by atoms with Crippen molar-refractivity contribution >= 4 is 68.4 Å². The molecule has 0 N–H and O–H groups in total. The maximum Gasteiger partial charge on any atom is 0.338 e. The first-order chi connectivity index (χ1) is 22.4. The third kappa shape index (κ3) is 6.78. The largest absolute Gasteiger partial charge is 0.488 e. The van der Waals surface area contributed by atoms with E-state index in [9.17, 15) is 9.59 Å². The number of rotatable bonds is 9. The van der Waals surface area contributed by atoms with E-state index < -0.39 is 12.0 Å². The first-order valence-corrected chi connectivity index (χ1v) is 17.7. The van der Waals surface area contributed by atoms with Crippen LogP contribution in [0.2, 0.25) is 5.02 Å². The van der Waals surface area contributed by atoms with Crippen molar-refractivity contribution in [2.24, 2.45) is 4.99 Å². The minimum Gasteiger partial charge on any atom is -0.488 e. The van der Waals surface area contributed by atoms with E-state index in [1.807, 2.05) is 85.1 Å². The summed E-state index contributed by atoms with van der Waals surface area (Å²) < 4.78 is 14.8. The van der Waals surface area contributed by atoms with E-state index in [0.29, 0.717) is 43.5 Å². The molecule has 1 atom stereocenters. The fourth-order valence-electron chi connectivity index (χ4n) is 5.19. The van der Waals surface area contributed by atoms with Gasteiger partial charge in [-0.15, -0.1) is 11.8 Å². The summed E-state index contributed by atoms with van der Waals surface area (Å²) in [5.41, 5.74) is 3.69. The summed E-state index contributed by atoms with van der Waals surface area (Å²) in [5, 5.41) is 0.512. The third-order valence-electron chi connectivity index (χ3n) is 7.37. The Balaban J connectivity index is 1.53. The minimum atomic E-state index is -0.754. The molecule has 5 aromatic rings. The van der Waals surface area contributed by atoms with E-state index in [4.69, 9.17) is 26.1 Å². The van der Waals surface area contributed by atoms with Gasteiger partial charge in [-0.3, -0.25) is 9.36 Å². The van der Waals surface area contributed by atoms with Crippen LogP contribution in [0.5, 0.6) is 5.75 Å².